The molecule has 0 unspecified atom stereocenters. The summed E-state index contributed by atoms with van der Waals surface area (Å²) in [5.41, 5.74) is 1.43. The molecule has 2 N–H and O–H groups in total. The zero-order chi connectivity index (χ0) is 18.8. The molecule has 0 saturated heterocycles. The Morgan fingerprint density at radius 1 is 1.04 bits per heavy atom. The minimum atomic E-state index is 0.0623. The van der Waals surface area contributed by atoms with Crippen molar-refractivity contribution in [2.24, 2.45) is 5.92 Å². The lowest BCUT2D eigenvalue weighted by Crippen LogP contribution is -2.30. The van der Waals surface area contributed by atoms with E-state index in [1.165, 1.54) is 26.4 Å². The highest BCUT2D eigenvalue weighted by Gasteiger charge is 2.23. The number of anilines is 1. The summed E-state index contributed by atoms with van der Waals surface area (Å²) in [4.78, 5) is 9.49. The molecule has 5 heteroatoms. The van der Waals surface area contributed by atoms with Crippen LogP contribution >= 0.6 is 0 Å². The molecular weight excluding hydrogens is 338 g/mol. The summed E-state index contributed by atoms with van der Waals surface area (Å²) in [6, 6.07) is 13.8. The Bertz CT molecular complexity index is 957. The lowest BCUT2D eigenvalue weighted by molar-refractivity contribution is 0.349. The maximum Gasteiger partial charge on any atom is 0.168 e. The van der Waals surface area contributed by atoms with Gasteiger partial charge in [0.2, 0.25) is 0 Å². The average molecular weight is 363 g/mol. The molecule has 1 heterocycles. The molecule has 5 nitrogen and oxygen atoms in total. The van der Waals surface area contributed by atoms with Crippen molar-refractivity contribution >= 4 is 16.7 Å². The maximum atomic E-state index is 10.5. The van der Waals surface area contributed by atoms with E-state index in [9.17, 15) is 5.11 Å². The first-order valence-corrected chi connectivity index (χ1v) is 9.57. The van der Waals surface area contributed by atoms with Crippen molar-refractivity contribution in [3.8, 4) is 22.9 Å². The van der Waals surface area contributed by atoms with E-state index in [4.69, 9.17) is 9.72 Å². The number of aromatic nitrogens is 2. The number of nitrogens with zero attached hydrogens (tertiary/aromatic N) is 2. The second kappa shape index (κ2) is 7.43. The zero-order valence-electron chi connectivity index (χ0n) is 15.8. The van der Waals surface area contributed by atoms with Crippen LogP contribution in [0.3, 0.4) is 0 Å². The van der Waals surface area contributed by atoms with Crippen LogP contribution in [0.4, 0.5) is 5.82 Å². The van der Waals surface area contributed by atoms with Crippen LogP contribution in [-0.4, -0.2) is 28.2 Å². The fourth-order valence-electron chi connectivity index (χ4n) is 3.88. The van der Waals surface area contributed by atoms with Crippen molar-refractivity contribution in [3.63, 3.8) is 0 Å². The van der Waals surface area contributed by atoms with Gasteiger partial charge in [0.15, 0.2) is 17.3 Å². The summed E-state index contributed by atoms with van der Waals surface area (Å²) in [6.07, 6.45) is 4.94. The van der Waals surface area contributed by atoms with E-state index in [0.717, 1.165) is 23.1 Å². The van der Waals surface area contributed by atoms with Gasteiger partial charge in [0.05, 0.1) is 18.2 Å². The van der Waals surface area contributed by atoms with E-state index in [2.05, 4.69) is 17.2 Å². The number of hydrogen-bond donors (Lipinski definition) is 2. The van der Waals surface area contributed by atoms with Crippen LogP contribution in [0.2, 0.25) is 0 Å². The topological polar surface area (TPSA) is 67.3 Å². The predicted octanol–water partition coefficient (Wildman–Crippen LogP) is 5.00. The van der Waals surface area contributed by atoms with Gasteiger partial charge >= 0.3 is 0 Å². The monoisotopic (exact) mass is 363 g/mol. The number of hydrogen-bond acceptors (Lipinski definition) is 5. The summed E-state index contributed by atoms with van der Waals surface area (Å²) in [6.45, 7) is 2.30. The van der Waals surface area contributed by atoms with Gasteiger partial charge in [-0.3, -0.25) is 0 Å². The number of nitrogens with one attached hydrogen (secondary N) is 1. The van der Waals surface area contributed by atoms with Gasteiger partial charge in [0.25, 0.3) is 0 Å². The Morgan fingerprint density at radius 2 is 1.85 bits per heavy atom. The molecule has 2 aromatic carbocycles. The van der Waals surface area contributed by atoms with Crippen LogP contribution in [-0.2, 0) is 0 Å². The molecule has 3 aromatic rings. The van der Waals surface area contributed by atoms with Crippen LogP contribution in [0.25, 0.3) is 22.3 Å². The van der Waals surface area contributed by atoms with Crippen LogP contribution in [0, 0.1) is 5.92 Å². The van der Waals surface area contributed by atoms with Crippen LogP contribution in [0.1, 0.15) is 32.6 Å². The smallest absolute Gasteiger partial charge is 0.168 e. The highest BCUT2D eigenvalue weighted by atomic mass is 16.5. The van der Waals surface area contributed by atoms with E-state index < -0.39 is 0 Å². The molecule has 0 amide bonds. The molecule has 0 spiro atoms. The van der Waals surface area contributed by atoms with Gasteiger partial charge in [0.1, 0.15) is 5.82 Å². The van der Waals surface area contributed by atoms with Gasteiger partial charge in [0, 0.05) is 11.4 Å². The average Bonchev–Trinajstić information content (AvgIpc) is 2.70. The fraction of sp³-hybridized carbons (Fsp3) is 0.364. The number of benzene rings is 2. The third-order valence-electron chi connectivity index (χ3n) is 5.50. The molecule has 0 bridgehead atoms. The number of phenolic OH excluding ortho intramolecular Hbond substituents is 1. The Kier molecular flexibility index (Phi) is 4.84. The standard InChI is InChI=1S/C22H25N3O2/c1-14-8-3-5-11-17(14)23-21-15-9-4-6-12-18(15)24-22(25-21)16-10-7-13-19(27-2)20(16)26/h4,6-7,9-10,12-14,17,26H,3,5,8,11H2,1-2H3,(H,23,24,25)/t14-,17-/m0/s1. The van der Waals surface area contributed by atoms with Crippen molar-refractivity contribution in [1.82, 2.24) is 9.97 Å². The molecule has 0 radical (unpaired) electrons. The molecule has 1 aromatic heterocycles. The van der Waals surface area contributed by atoms with Crippen molar-refractivity contribution < 1.29 is 9.84 Å². The van der Waals surface area contributed by atoms with E-state index in [1.807, 2.05) is 36.4 Å². The second-order valence-electron chi connectivity index (χ2n) is 7.28. The van der Waals surface area contributed by atoms with Crippen LogP contribution < -0.4 is 10.1 Å². The molecule has 1 saturated carbocycles. The number of para-hydroxylation sites is 2. The van der Waals surface area contributed by atoms with Gasteiger partial charge in [-0.1, -0.05) is 38.0 Å². The second-order valence-corrected chi connectivity index (χ2v) is 7.28. The van der Waals surface area contributed by atoms with Gasteiger partial charge in [-0.15, -0.1) is 0 Å². The minimum Gasteiger partial charge on any atom is -0.504 e. The SMILES string of the molecule is COc1cccc(-c2nc(N[C@H]3CCCC[C@@H]3C)c3ccccc3n2)c1O. The summed E-state index contributed by atoms with van der Waals surface area (Å²) < 4.78 is 5.24. The first-order valence-electron chi connectivity index (χ1n) is 9.57. The van der Waals surface area contributed by atoms with E-state index in [1.54, 1.807) is 6.07 Å². The number of rotatable bonds is 4. The van der Waals surface area contributed by atoms with Crippen molar-refractivity contribution in [3.05, 3.63) is 42.5 Å². The molecule has 27 heavy (non-hydrogen) atoms. The molecule has 2 atom stereocenters. The van der Waals surface area contributed by atoms with Gasteiger partial charge in [-0.25, -0.2) is 9.97 Å². The maximum absolute atomic E-state index is 10.5. The third-order valence-corrected chi connectivity index (χ3v) is 5.50. The lowest BCUT2D eigenvalue weighted by Gasteiger charge is -2.30. The summed E-state index contributed by atoms with van der Waals surface area (Å²) in [5.74, 6) is 2.42. The number of ether oxygens (including phenoxy) is 1. The highest BCUT2D eigenvalue weighted by molar-refractivity contribution is 5.91. The minimum absolute atomic E-state index is 0.0623. The molecule has 4 rings (SSSR count). The van der Waals surface area contributed by atoms with E-state index in [-0.39, 0.29) is 5.75 Å². The number of aromatic hydroxyl groups is 1. The van der Waals surface area contributed by atoms with Crippen molar-refractivity contribution in [1.29, 1.82) is 0 Å². The number of phenols is 1. The molecule has 140 valence electrons. The van der Waals surface area contributed by atoms with Gasteiger partial charge in [-0.2, -0.15) is 0 Å². The lowest BCUT2D eigenvalue weighted by atomic mass is 9.86. The zero-order valence-corrected chi connectivity index (χ0v) is 15.8. The Hall–Kier alpha value is -2.82. The first-order chi connectivity index (χ1) is 13.2. The van der Waals surface area contributed by atoms with Gasteiger partial charge < -0.3 is 15.2 Å². The van der Waals surface area contributed by atoms with Gasteiger partial charge in [-0.05, 0) is 43.0 Å². The molecule has 0 aliphatic heterocycles. The molecule has 1 aliphatic carbocycles. The quantitative estimate of drug-likeness (QED) is 0.683. The third kappa shape index (κ3) is 3.42. The normalized spacial score (nSPS) is 19.8. The number of fused-ring (bicyclic) bond motifs is 1. The fourth-order valence-corrected chi connectivity index (χ4v) is 3.88. The van der Waals surface area contributed by atoms with E-state index in [0.29, 0.717) is 29.1 Å². The first kappa shape index (κ1) is 17.6. The Morgan fingerprint density at radius 3 is 2.67 bits per heavy atom. The molecule has 1 aliphatic rings. The predicted molar refractivity (Wildman–Crippen MR) is 108 cm³/mol. The Balaban J connectivity index is 1.81. The van der Waals surface area contributed by atoms with Crippen LogP contribution in [0.5, 0.6) is 11.5 Å². The van der Waals surface area contributed by atoms with Crippen LogP contribution in [0.15, 0.2) is 42.5 Å². The summed E-state index contributed by atoms with van der Waals surface area (Å²) in [5, 5.41) is 15.2. The number of methoxy groups -OCH3 is 1. The van der Waals surface area contributed by atoms with Crippen molar-refractivity contribution in [2.45, 2.75) is 38.6 Å². The van der Waals surface area contributed by atoms with Crippen molar-refractivity contribution in [2.75, 3.05) is 12.4 Å². The molecule has 1 fully saturated rings. The summed E-state index contributed by atoms with van der Waals surface area (Å²) >= 11 is 0. The summed E-state index contributed by atoms with van der Waals surface area (Å²) in [7, 11) is 1.54. The van der Waals surface area contributed by atoms with E-state index >= 15 is 0 Å². The largest absolute Gasteiger partial charge is 0.504 e. The highest BCUT2D eigenvalue weighted by Crippen LogP contribution is 2.37. The molecular formula is C22H25N3O2. The Labute approximate surface area is 159 Å².